The van der Waals surface area contributed by atoms with E-state index in [1.54, 1.807) is 10.8 Å². The first kappa shape index (κ1) is 20.9. The van der Waals surface area contributed by atoms with Crippen molar-refractivity contribution < 1.29 is 4.74 Å². The van der Waals surface area contributed by atoms with E-state index in [0.717, 1.165) is 37.2 Å². The van der Waals surface area contributed by atoms with Gasteiger partial charge in [0.05, 0.1) is 24.0 Å². The second-order valence-corrected chi connectivity index (χ2v) is 9.32. The Hall–Kier alpha value is -2.39. The number of anilines is 1. The van der Waals surface area contributed by atoms with E-state index >= 15 is 0 Å². The van der Waals surface area contributed by atoms with Crippen LogP contribution in [0.25, 0.3) is 11.0 Å². The molecule has 0 spiro atoms. The fourth-order valence-corrected chi connectivity index (χ4v) is 4.86. The number of aryl methyl sites for hydroxylation is 1. The van der Waals surface area contributed by atoms with E-state index in [4.69, 9.17) is 16.3 Å². The van der Waals surface area contributed by atoms with Gasteiger partial charge in [-0.2, -0.15) is 4.68 Å². The Morgan fingerprint density at radius 1 is 1.33 bits per heavy atom. The largest absolute Gasteiger partial charge is 0.380 e. The summed E-state index contributed by atoms with van der Waals surface area (Å²) >= 11 is 0. The minimum Gasteiger partial charge on any atom is -0.380 e. The SMILES string of the molecule is CCOCC(N)C1CN(c2cnc3c(=O)n(N)c(=O)n(C4CC4)c3c2C)CC1(C)C. The summed E-state index contributed by atoms with van der Waals surface area (Å²) in [6.07, 6.45) is 3.54. The molecule has 9 nitrogen and oxygen atoms in total. The predicted octanol–water partition coefficient (Wildman–Crippen LogP) is 0.742. The molecule has 9 heteroatoms. The molecule has 30 heavy (non-hydrogen) atoms. The quantitative estimate of drug-likeness (QED) is 0.666. The molecule has 0 bridgehead atoms. The summed E-state index contributed by atoms with van der Waals surface area (Å²) in [6.45, 7) is 11.1. The average molecular weight is 417 g/mol. The van der Waals surface area contributed by atoms with Gasteiger partial charge >= 0.3 is 11.2 Å². The molecule has 164 valence electrons. The highest BCUT2D eigenvalue weighted by atomic mass is 16.5. The lowest BCUT2D eigenvalue weighted by atomic mass is 9.78. The van der Waals surface area contributed by atoms with Gasteiger partial charge in [0.15, 0.2) is 5.52 Å². The predicted molar refractivity (Wildman–Crippen MR) is 117 cm³/mol. The van der Waals surface area contributed by atoms with Crippen LogP contribution in [0.1, 0.15) is 45.2 Å². The highest BCUT2D eigenvalue weighted by Gasteiger charge is 2.43. The van der Waals surface area contributed by atoms with Crippen molar-refractivity contribution in [3.63, 3.8) is 0 Å². The highest BCUT2D eigenvalue weighted by Crippen LogP contribution is 2.41. The van der Waals surface area contributed by atoms with E-state index in [1.165, 1.54) is 0 Å². The van der Waals surface area contributed by atoms with Crippen LogP contribution in [-0.2, 0) is 4.74 Å². The lowest BCUT2D eigenvalue weighted by Gasteiger charge is -2.30. The standard InChI is InChI=1S/C21H32N6O3/c1-5-30-10-15(22)14-9-25(11-21(14,3)4)16-8-24-17-18(12(16)2)26(13-6-7-13)20(29)27(23)19(17)28/h8,13-15H,5-7,9-11,22-23H2,1-4H3. The van der Waals surface area contributed by atoms with E-state index in [-0.39, 0.29) is 28.9 Å². The first-order valence-electron chi connectivity index (χ1n) is 10.7. The Labute approximate surface area is 175 Å². The van der Waals surface area contributed by atoms with Gasteiger partial charge in [0.2, 0.25) is 0 Å². The zero-order chi connectivity index (χ0) is 21.8. The maximum Gasteiger partial charge on any atom is 0.350 e. The van der Waals surface area contributed by atoms with Crippen LogP contribution < -0.4 is 27.7 Å². The summed E-state index contributed by atoms with van der Waals surface area (Å²) in [4.78, 5) is 32.1. The number of hydrogen-bond donors (Lipinski definition) is 2. The summed E-state index contributed by atoms with van der Waals surface area (Å²) in [6, 6.07) is 0.0151. The van der Waals surface area contributed by atoms with Gasteiger partial charge in [0, 0.05) is 43.3 Å². The third kappa shape index (κ3) is 3.30. The van der Waals surface area contributed by atoms with Crippen molar-refractivity contribution >= 4 is 16.7 Å². The Morgan fingerprint density at radius 3 is 2.67 bits per heavy atom. The molecule has 3 heterocycles. The van der Waals surface area contributed by atoms with Crippen LogP contribution in [0, 0.1) is 18.3 Å². The lowest BCUT2D eigenvalue weighted by Crippen LogP contribution is -2.45. The van der Waals surface area contributed by atoms with Crippen molar-refractivity contribution in [2.45, 2.75) is 52.6 Å². The molecule has 2 aromatic heterocycles. The number of hydrogen-bond acceptors (Lipinski definition) is 7. The van der Waals surface area contributed by atoms with Gasteiger partial charge in [-0.1, -0.05) is 13.8 Å². The van der Waals surface area contributed by atoms with Gasteiger partial charge in [-0.05, 0) is 32.1 Å². The van der Waals surface area contributed by atoms with E-state index in [1.807, 2.05) is 13.8 Å². The number of ether oxygens (including phenoxy) is 1. The summed E-state index contributed by atoms with van der Waals surface area (Å²) in [5.74, 6) is 6.00. The van der Waals surface area contributed by atoms with Crippen molar-refractivity contribution in [3.05, 3.63) is 32.6 Å². The van der Waals surface area contributed by atoms with Crippen molar-refractivity contribution in [2.24, 2.45) is 17.1 Å². The second kappa shape index (κ2) is 7.39. The van der Waals surface area contributed by atoms with Crippen molar-refractivity contribution in [1.82, 2.24) is 14.2 Å². The van der Waals surface area contributed by atoms with Gasteiger partial charge in [0.25, 0.3) is 0 Å². The normalized spacial score (nSPS) is 22.0. The van der Waals surface area contributed by atoms with Gasteiger partial charge < -0.3 is 21.2 Å². The maximum atomic E-state index is 12.7. The summed E-state index contributed by atoms with van der Waals surface area (Å²) in [5, 5.41) is 0. The molecule has 0 aromatic carbocycles. The van der Waals surface area contributed by atoms with Crippen LogP contribution in [0.4, 0.5) is 5.69 Å². The maximum absolute atomic E-state index is 12.7. The minimum absolute atomic E-state index is 0.00522. The molecule has 2 fully saturated rings. The monoisotopic (exact) mass is 416 g/mol. The zero-order valence-electron chi connectivity index (χ0n) is 18.2. The molecule has 2 unspecified atom stereocenters. The van der Waals surface area contributed by atoms with Crippen LogP contribution in [0.5, 0.6) is 0 Å². The average Bonchev–Trinajstić information content (AvgIpc) is 3.48. The number of fused-ring (bicyclic) bond motifs is 1. The second-order valence-electron chi connectivity index (χ2n) is 9.32. The molecular weight excluding hydrogens is 384 g/mol. The number of nitrogens with two attached hydrogens (primary N) is 2. The molecule has 4 N–H and O–H groups in total. The lowest BCUT2D eigenvalue weighted by molar-refractivity contribution is 0.0982. The molecule has 0 radical (unpaired) electrons. The first-order chi connectivity index (χ1) is 14.2. The van der Waals surface area contributed by atoms with Crippen molar-refractivity contribution in [3.8, 4) is 0 Å². The molecule has 1 saturated carbocycles. The van der Waals surface area contributed by atoms with E-state index in [9.17, 15) is 9.59 Å². The third-order valence-electron chi connectivity index (χ3n) is 6.66. The molecule has 2 atom stereocenters. The number of aromatic nitrogens is 3. The van der Waals surface area contributed by atoms with E-state index in [2.05, 4.69) is 23.7 Å². The molecule has 1 aliphatic carbocycles. The van der Waals surface area contributed by atoms with E-state index < -0.39 is 11.2 Å². The Bertz CT molecular complexity index is 1080. The number of nitrogen functional groups attached to an aromatic ring is 1. The van der Waals surface area contributed by atoms with Gasteiger partial charge in [-0.15, -0.1) is 0 Å². The van der Waals surface area contributed by atoms with Crippen LogP contribution in [0.15, 0.2) is 15.8 Å². The molecule has 1 aliphatic heterocycles. The smallest absolute Gasteiger partial charge is 0.350 e. The molecule has 0 amide bonds. The molecule has 1 saturated heterocycles. The van der Waals surface area contributed by atoms with Crippen LogP contribution in [0.2, 0.25) is 0 Å². The summed E-state index contributed by atoms with van der Waals surface area (Å²) in [7, 11) is 0. The van der Waals surface area contributed by atoms with Crippen molar-refractivity contribution in [1.29, 1.82) is 0 Å². The fraction of sp³-hybridized carbons (Fsp3) is 0.667. The van der Waals surface area contributed by atoms with Crippen LogP contribution in [-0.4, -0.2) is 46.6 Å². The van der Waals surface area contributed by atoms with Crippen LogP contribution >= 0.6 is 0 Å². The van der Waals surface area contributed by atoms with E-state index in [0.29, 0.717) is 23.4 Å². The van der Waals surface area contributed by atoms with Gasteiger partial charge in [-0.3, -0.25) is 9.36 Å². The van der Waals surface area contributed by atoms with Gasteiger partial charge in [0.1, 0.15) is 0 Å². The molecule has 2 aromatic rings. The molecular formula is C21H32N6O3. The zero-order valence-corrected chi connectivity index (χ0v) is 18.2. The number of nitrogens with zero attached hydrogens (tertiary/aromatic N) is 4. The Morgan fingerprint density at radius 2 is 2.03 bits per heavy atom. The first-order valence-corrected chi connectivity index (χ1v) is 10.7. The number of pyridine rings is 1. The van der Waals surface area contributed by atoms with Gasteiger partial charge in [-0.25, -0.2) is 9.78 Å². The topological polar surface area (TPSA) is 121 Å². The summed E-state index contributed by atoms with van der Waals surface area (Å²) in [5.41, 5.74) is 8.10. The third-order valence-corrected chi connectivity index (χ3v) is 6.66. The van der Waals surface area contributed by atoms with Crippen LogP contribution in [0.3, 0.4) is 0 Å². The van der Waals surface area contributed by atoms with Crippen molar-refractivity contribution in [2.75, 3.05) is 37.0 Å². The fourth-order valence-electron chi connectivity index (χ4n) is 4.86. The molecule has 4 rings (SSSR count). The Balaban J connectivity index is 1.78. The summed E-state index contributed by atoms with van der Waals surface area (Å²) < 4.78 is 7.90. The number of rotatable bonds is 6. The minimum atomic E-state index is -0.556. The molecule has 2 aliphatic rings. The Kier molecular flexibility index (Phi) is 5.14. The highest BCUT2D eigenvalue weighted by molar-refractivity contribution is 5.83.